The maximum atomic E-state index is 14.2. The molecule has 1 aliphatic carbocycles. The third-order valence-electron chi connectivity index (χ3n) is 5.43. The lowest BCUT2D eigenvalue weighted by Gasteiger charge is -2.43. The summed E-state index contributed by atoms with van der Waals surface area (Å²) < 4.78 is 14.2. The van der Waals surface area contributed by atoms with Gasteiger partial charge in [0.2, 0.25) is 0 Å². The highest BCUT2D eigenvalue weighted by Crippen LogP contribution is 2.47. The molecule has 0 atom stereocenters. The molecule has 136 valence electrons. The summed E-state index contributed by atoms with van der Waals surface area (Å²) >= 11 is 5.65. The Balaban J connectivity index is 1.81. The van der Waals surface area contributed by atoms with Gasteiger partial charge in [-0.3, -0.25) is 9.69 Å². The fraction of sp³-hybridized carbons (Fsp3) is 0.300. The fourth-order valence-electron chi connectivity index (χ4n) is 3.73. The molecule has 1 spiro atoms. The number of anilines is 2. The van der Waals surface area contributed by atoms with E-state index in [1.54, 1.807) is 36.9 Å². The Kier molecular flexibility index (Phi) is 3.97. The molecule has 1 saturated heterocycles. The summed E-state index contributed by atoms with van der Waals surface area (Å²) in [5, 5.41) is 9.40. The molecule has 0 bridgehead atoms. The summed E-state index contributed by atoms with van der Waals surface area (Å²) in [6.45, 7) is 3.47. The lowest BCUT2D eigenvalue weighted by molar-refractivity contribution is -0.123. The van der Waals surface area contributed by atoms with Gasteiger partial charge in [0, 0.05) is 5.69 Å². The van der Waals surface area contributed by atoms with Crippen LogP contribution < -0.4 is 9.80 Å². The van der Waals surface area contributed by atoms with E-state index in [1.807, 2.05) is 6.07 Å². The number of benzene rings is 1. The van der Waals surface area contributed by atoms with E-state index >= 15 is 0 Å². The molecular weight excluding hydrogens is 363 g/mol. The number of rotatable bonds is 2. The van der Waals surface area contributed by atoms with E-state index in [4.69, 9.17) is 17.5 Å². The molecule has 5 nitrogen and oxygen atoms in total. The first kappa shape index (κ1) is 17.6. The minimum atomic E-state index is -0.763. The molecule has 0 N–H and O–H groups in total. The van der Waals surface area contributed by atoms with Crippen LogP contribution in [0.15, 0.2) is 30.5 Å². The molecule has 2 aromatic rings. The van der Waals surface area contributed by atoms with Gasteiger partial charge in [0.25, 0.3) is 5.91 Å². The van der Waals surface area contributed by atoms with Crippen LogP contribution in [0.25, 0.3) is 0 Å². The maximum absolute atomic E-state index is 14.2. The minimum absolute atomic E-state index is 0.120. The molecule has 0 unspecified atom stereocenters. The first-order valence-corrected chi connectivity index (χ1v) is 9.11. The first-order valence-electron chi connectivity index (χ1n) is 8.71. The van der Waals surface area contributed by atoms with Gasteiger partial charge in [-0.2, -0.15) is 5.26 Å². The normalized spacial score (nSPS) is 18.0. The molecule has 2 aliphatic rings. The summed E-state index contributed by atoms with van der Waals surface area (Å²) in [5.41, 5.74) is 1.88. The Labute approximate surface area is 162 Å². The molecule has 1 aliphatic heterocycles. The molecule has 2 fully saturated rings. The molecule has 7 heteroatoms. The molecule has 1 aromatic carbocycles. The summed E-state index contributed by atoms with van der Waals surface area (Å²) in [6, 6.07) is 8.68. The Morgan fingerprint density at radius 3 is 2.52 bits per heavy atom. The quantitative estimate of drug-likeness (QED) is 0.742. The summed E-state index contributed by atoms with van der Waals surface area (Å²) in [7, 11) is 0. The smallest absolute Gasteiger partial charge is 0.259 e. The van der Waals surface area contributed by atoms with Crippen molar-refractivity contribution < 1.29 is 9.18 Å². The van der Waals surface area contributed by atoms with E-state index in [1.165, 1.54) is 17.2 Å². The van der Waals surface area contributed by atoms with Crippen molar-refractivity contribution >= 4 is 34.6 Å². The van der Waals surface area contributed by atoms with E-state index in [2.05, 4.69) is 4.98 Å². The number of carbonyl (C=O) groups is 1. The van der Waals surface area contributed by atoms with Gasteiger partial charge in [-0.1, -0.05) is 6.07 Å². The zero-order valence-corrected chi connectivity index (χ0v) is 15.8. The predicted octanol–water partition coefficient (Wildman–Crippen LogP) is 3.77. The SMILES string of the molecule is Cc1ccc(N2C(=S)N(c3cnc(C#N)c(C)c3)C(=O)C23CCC3)cc1F. The molecule has 1 saturated carbocycles. The van der Waals surface area contributed by atoms with Crippen molar-refractivity contribution in [3.05, 3.63) is 53.1 Å². The van der Waals surface area contributed by atoms with Crippen molar-refractivity contribution in [2.24, 2.45) is 0 Å². The fourth-order valence-corrected chi connectivity index (χ4v) is 4.20. The number of halogens is 1. The van der Waals surface area contributed by atoms with Crippen LogP contribution in [-0.2, 0) is 4.79 Å². The molecule has 2 heterocycles. The van der Waals surface area contributed by atoms with Crippen molar-refractivity contribution in [1.82, 2.24) is 4.98 Å². The van der Waals surface area contributed by atoms with E-state index < -0.39 is 5.54 Å². The van der Waals surface area contributed by atoms with Crippen LogP contribution in [0.5, 0.6) is 0 Å². The first-order chi connectivity index (χ1) is 12.9. The number of nitrogens with zero attached hydrogens (tertiary/aromatic N) is 4. The number of nitriles is 1. The molecule has 4 rings (SSSR count). The van der Waals surface area contributed by atoms with Crippen molar-refractivity contribution in [3.8, 4) is 6.07 Å². The van der Waals surface area contributed by atoms with Crippen LogP contribution in [0.4, 0.5) is 15.8 Å². The highest BCUT2D eigenvalue weighted by atomic mass is 32.1. The van der Waals surface area contributed by atoms with E-state index in [9.17, 15) is 9.18 Å². The second kappa shape index (κ2) is 6.10. The van der Waals surface area contributed by atoms with Gasteiger partial charge in [-0.05, 0) is 74.7 Å². The van der Waals surface area contributed by atoms with Gasteiger partial charge in [0.05, 0.1) is 11.9 Å². The number of aromatic nitrogens is 1. The van der Waals surface area contributed by atoms with Crippen LogP contribution in [0.1, 0.15) is 36.1 Å². The number of pyridine rings is 1. The third-order valence-corrected chi connectivity index (χ3v) is 5.80. The lowest BCUT2D eigenvalue weighted by atomic mass is 9.75. The zero-order valence-electron chi connectivity index (χ0n) is 15.0. The minimum Gasteiger partial charge on any atom is -0.303 e. The predicted molar refractivity (Wildman–Crippen MR) is 104 cm³/mol. The van der Waals surface area contributed by atoms with Crippen LogP contribution in [0.2, 0.25) is 0 Å². The zero-order chi connectivity index (χ0) is 19.3. The summed E-state index contributed by atoms with van der Waals surface area (Å²) in [6.07, 6.45) is 3.74. The number of hydrogen-bond donors (Lipinski definition) is 0. The molecule has 0 radical (unpaired) electrons. The van der Waals surface area contributed by atoms with Crippen molar-refractivity contribution in [2.45, 2.75) is 38.6 Å². The van der Waals surface area contributed by atoms with Crippen LogP contribution in [0, 0.1) is 31.0 Å². The number of aryl methyl sites for hydroxylation is 2. The van der Waals surface area contributed by atoms with Gasteiger partial charge < -0.3 is 4.90 Å². The third kappa shape index (κ3) is 2.44. The van der Waals surface area contributed by atoms with Gasteiger partial charge >= 0.3 is 0 Å². The van der Waals surface area contributed by atoms with Crippen LogP contribution in [0.3, 0.4) is 0 Å². The average molecular weight is 380 g/mol. The van der Waals surface area contributed by atoms with Gasteiger partial charge in [0.1, 0.15) is 23.1 Å². The topological polar surface area (TPSA) is 60.2 Å². The molecule has 27 heavy (non-hydrogen) atoms. The highest BCUT2D eigenvalue weighted by Gasteiger charge is 2.59. The molecular formula is C20H17FN4OS. The Hall–Kier alpha value is -2.85. The van der Waals surface area contributed by atoms with Gasteiger partial charge in [-0.15, -0.1) is 0 Å². The largest absolute Gasteiger partial charge is 0.303 e. The number of hydrogen-bond acceptors (Lipinski definition) is 4. The standard InChI is InChI=1S/C20H17FN4OS/c1-12-4-5-14(9-16(12)21)25-19(27)24(18(26)20(25)6-3-7-20)15-8-13(2)17(10-22)23-11-15/h4-5,8-9,11H,3,6-7H2,1-2H3. The van der Waals surface area contributed by atoms with Crippen LogP contribution >= 0.6 is 12.2 Å². The van der Waals surface area contributed by atoms with E-state index in [0.29, 0.717) is 46.1 Å². The number of thiocarbonyl (C=S) groups is 1. The second-order valence-electron chi connectivity index (χ2n) is 7.05. The Morgan fingerprint density at radius 1 is 1.22 bits per heavy atom. The number of amides is 1. The lowest BCUT2D eigenvalue weighted by Crippen LogP contribution is -2.55. The highest BCUT2D eigenvalue weighted by molar-refractivity contribution is 7.81. The van der Waals surface area contributed by atoms with Crippen LogP contribution in [-0.4, -0.2) is 21.5 Å². The summed E-state index contributed by atoms with van der Waals surface area (Å²) in [5.74, 6) is -0.447. The monoisotopic (exact) mass is 380 g/mol. The van der Waals surface area contributed by atoms with Crippen molar-refractivity contribution in [2.75, 3.05) is 9.80 Å². The number of carbonyl (C=O) groups excluding carboxylic acids is 1. The van der Waals surface area contributed by atoms with Crippen molar-refractivity contribution in [3.63, 3.8) is 0 Å². The van der Waals surface area contributed by atoms with E-state index in [-0.39, 0.29) is 11.7 Å². The Morgan fingerprint density at radius 2 is 1.96 bits per heavy atom. The van der Waals surface area contributed by atoms with Gasteiger partial charge in [0.15, 0.2) is 5.11 Å². The van der Waals surface area contributed by atoms with Crippen molar-refractivity contribution in [1.29, 1.82) is 5.26 Å². The Bertz CT molecular complexity index is 1030. The maximum Gasteiger partial charge on any atom is 0.259 e. The second-order valence-corrected chi connectivity index (χ2v) is 7.41. The summed E-state index contributed by atoms with van der Waals surface area (Å²) in [4.78, 5) is 20.7. The molecule has 1 amide bonds. The molecule has 1 aromatic heterocycles. The van der Waals surface area contributed by atoms with Gasteiger partial charge in [-0.25, -0.2) is 9.37 Å². The van der Waals surface area contributed by atoms with E-state index in [0.717, 1.165) is 6.42 Å². The average Bonchev–Trinajstić information content (AvgIpc) is 2.84.